The molecule has 1 atom stereocenters. The average Bonchev–Trinajstić information content (AvgIpc) is 2.51. The van der Waals surface area contributed by atoms with Gasteiger partial charge in [-0.15, -0.1) is 6.58 Å². The average molecular weight is 168 g/mol. The van der Waals surface area contributed by atoms with E-state index in [-0.39, 0.29) is 0 Å². The molecule has 3 N–H and O–H groups in total. The van der Waals surface area contributed by atoms with E-state index in [9.17, 15) is 0 Å². The molecule has 1 fully saturated rings. The van der Waals surface area contributed by atoms with Crippen molar-refractivity contribution in [1.29, 1.82) is 0 Å². The summed E-state index contributed by atoms with van der Waals surface area (Å²) in [5, 5.41) is 0. The van der Waals surface area contributed by atoms with Crippen molar-refractivity contribution in [2.24, 2.45) is 11.8 Å². The Hall–Kier alpha value is -0.340. The van der Waals surface area contributed by atoms with Crippen LogP contribution in [0.4, 0.5) is 0 Å². The Morgan fingerprint density at radius 2 is 2.17 bits per heavy atom. The van der Waals surface area contributed by atoms with E-state index in [0.717, 1.165) is 12.3 Å². The first-order valence-corrected chi connectivity index (χ1v) is 4.84. The first kappa shape index (κ1) is 9.75. The zero-order valence-electron chi connectivity index (χ0n) is 7.97. The van der Waals surface area contributed by atoms with Crippen LogP contribution in [0.1, 0.15) is 39.0 Å². The predicted molar refractivity (Wildman–Crippen MR) is 52.5 cm³/mol. The van der Waals surface area contributed by atoms with Gasteiger partial charge in [-0.2, -0.15) is 0 Å². The molecule has 1 aliphatic rings. The highest BCUT2D eigenvalue weighted by Gasteiger charge is 2.23. The Kier molecular flexibility index (Phi) is 3.76. The maximum absolute atomic E-state index is 5.51. The highest BCUT2D eigenvalue weighted by Crippen LogP contribution is 2.29. The quantitative estimate of drug-likeness (QED) is 0.382. The lowest BCUT2D eigenvalue weighted by Crippen LogP contribution is -2.40. The van der Waals surface area contributed by atoms with Crippen LogP contribution in [-0.4, -0.2) is 6.04 Å². The molecule has 0 aromatic rings. The van der Waals surface area contributed by atoms with E-state index in [4.69, 9.17) is 5.84 Å². The summed E-state index contributed by atoms with van der Waals surface area (Å²) < 4.78 is 0. The third-order valence-electron chi connectivity index (χ3n) is 2.75. The van der Waals surface area contributed by atoms with Gasteiger partial charge in [0.15, 0.2) is 0 Å². The summed E-state index contributed by atoms with van der Waals surface area (Å²) in [5.74, 6) is 6.29. The van der Waals surface area contributed by atoms with Gasteiger partial charge in [0.1, 0.15) is 0 Å². The summed E-state index contributed by atoms with van der Waals surface area (Å²) in [6.45, 7) is 5.99. The van der Waals surface area contributed by atoms with Crippen molar-refractivity contribution in [2.75, 3.05) is 0 Å². The Morgan fingerprint density at radius 1 is 1.58 bits per heavy atom. The van der Waals surface area contributed by atoms with Gasteiger partial charge in [0.25, 0.3) is 0 Å². The lowest BCUT2D eigenvalue weighted by Gasteiger charge is -2.22. The Balaban J connectivity index is 2.37. The largest absolute Gasteiger partial charge is 0.271 e. The Labute approximate surface area is 75.2 Å². The van der Waals surface area contributed by atoms with Crippen LogP contribution in [0.25, 0.3) is 0 Å². The molecular weight excluding hydrogens is 148 g/mol. The number of rotatable bonds is 4. The summed E-state index contributed by atoms with van der Waals surface area (Å²) in [7, 11) is 0. The first-order valence-electron chi connectivity index (χ1n) is 4.84. The minimum Gasteiger partial charge on any atom is -0.271 e. The van der Waals surface area contributed by atoms with Gasteiger partial charge in [-0.1, -0.05) is 18.4 Å². The van der Waals surface area contributed by atoms with Crippen molar-refractivity contribution in [1.82, 2.24) is 5.43 Å². The molecule has 70 valence electrons. The van der Waals surface area contributed by atoms with Gasteiger partial charge in [-0.3, -0.25) is 11.3 Å². The van der Waals surface area contributed by atoms with Crippen LogP contribution in [-0.2, 0) is 0 Å². The number of hydrogen-bond acceptors (Lipinski definition) is 2. The second-order valence-corrected chi connectivity index (χ2v) is 3.98. The smallest absolute Gasteiger partial charge is 0.0275 e. The van der Waals surface area contributed by atoms with Crippen LogP contribution in [0, 0.1) is 5.92 Å². The zero-order valence-corrected chi connectivity index (χ0v) is 7.97. The fourth-order valence-corrected chi connectivity index (χ4v) is 2.10. The third kappa shape index (κ3) is 2.61. The van der Waals surface area contributed by atoms with Crippen LogP contribution >= 0.6 is 0 Å². The first-order chi connectivity index (χ1) is 5.74. The van der Waals surface area contributed by atoms with Crippen LogP contribution < -0.4 is 11.3 Å². The second kappa shape index (κ2) is 4.63. The molecule has 0 saturated heterocycles. The number of nitrogens with one attached hydrogen (secondary N) is 1. The molecule has 1 saturated carbocycles. The minimum absolute atomic E-state index is 0.463. The minimum atomic E-state index is 0.463. The van der Waals surface area contributed by atoms with E-state index in [1.165, 1.54) is 31.3 Å². The Morgan fingerprint density at radius 3 is 2.58 bits per heavy atom. The summed E-state index contributed by atoms with van der Waals surface area (Å²) >= 11 is 0. The van der Waals surface area contributed by atoms with E-state index in [0.29, 0.717) is 6.04 Å². The topological polar surface area (TPSA) is 38.0 Å². The van der Waals surface area contributed by atoms with Crippen molar-refractivity contribution in [3.05, 3.63) is 12.2 Å². The van der Waals surface area contributed by atoms with Crippen LogP contribution in [0.3, 0.4) is 0 Å². The van der Waals surface area contributed by atoms with E-state index in [2.05, 4.69) is 18.9 Å². The van der Waals surface area contributed by atoms with E-state index < -0.39 is 0 Å². The molecule has 1 rings (SSSR count). The molecule has 0 aromatic heterocycles. The van der Waals surface area contributed by atoms with Gasteiger partial charge in [-0.05, 0) is 32.1 Å². The SMILES string of the molecule is C=C(C)CC(NN)C1CCCC1. The molecular formula is C10H20N2. The maximum Gasteiger partial charge on any atom is 0.0275 e. The molecule has 1 aliphatic carbocycles. The van der Waals surface area contributed by atoms with Crippen LogP contribution in [0.5, 0.6) is 0 Å². The number of hydrogen-bond donors (Lipinski definition) is 2. The van der Waals surface area contributed by atoms with Gasteiger partial charge < -0.3 is 0 Å². The van der Waals surface area contributed by atoms with Gasteiger partial charge in [0.05, 0.1) is 0 Å². The summed E-state index contributed by atoms with van der Waals surface area (Å²) in [6, 6.07) is 0.463. The van der Waals surface area contributed by atoms with Gasteiger partial charge in [0.2, 0.25) is 0 Å². The molecule has 0 aromatic carbocycles. The van der Waals surface area contributed by atoms with Crippen molar-refractivity contribution in [3.63, 3.8) is 0 Å². The fraction of sp³-hybridized carbons (Fsp3) is 0.800. The molecule has 0 heterocycles. The second-order valence-electron chi connectivity index (χ2n) is 3.98. The van der Waals surface area contributed by atoms with Crippen LogP contribution in [0.2, 0.25) is 0 Å². The summed E-state index contributed by atoms with van der Waals surface area (Å²) in [4.78, 5) is 0. The third-order valence-corrected chi connectivity index (χ3v) is 2.75. The molecule has 0 spiro atoms. The molecule has 1 unspecified atom stereocenters. The van der Waals surface area contributed by atoms with Crippen molar-refractivity contribution in [3.8, 4) is 0 Å². The number of hydrazine groups is 1. The van der Waals surface area contributed by atoms with Gasteiger partial charge in [-0.25, -0.2) is 0 Å². The predicted octanol–water partition coefficient (Wildman–Crippen LogP) is 1.97. The molecule has 0 amide bonds. The standard InChI is InChI=1S/C10H20N2/c1-8(2)7-10(12-11)9-5-3-4-6-9/h9-10,12H,1,3-7,11H2,2H3. The zero-order chi connectivity index (χ0) is 8.97. The molecule has 2 nitrogen and oxygen atoms in total. The lowest BCUT2D eigenvalue weighted by molar-refractivity contribution is 0.361. The molecule has 0 aliphatic heterocycles. The normalized spacial score (nSPS) is 21.2. The van der Waals surface area contributed by atoms with Gasteiger partial charge >= 0.3 is 0 Å². The lowest BCUT2D eigenvalue weighted by atomic mass is 9.94. The molecule has 2 heteroatoms. The monoisotopic (exact) mass is 168 g/mol. The molecule has 0 bridgehead atoms. The number of nitrogens with two attached hydrogens (primary N) is 1. The fourth-order valence-electron chi connectivity index (χ4n) is 2.10. The van der Waals surface area contributed by atoms with E-state index >= 15 is 0 Å². The van der Waals surface area contributed by atoms with Crippen LogP contribution in [0.15, 0.2) is 12.2 Å². The molecule has 0 radical (unpaired) electrons. The van der Waals surface area contributed by atoms with Crippen molar-refractivity contribution < 1.29 is 0 Å². The van der Waals surface area contributed by atoms with E-state index in [1.54, 1.807) is 0 Å². The highest BCUT2D eigenvalue weighted by molar-refractivity contribution is 4.95. The molecule has 12 heavy (non-hydrogen) atoms. The summed E-state index contributed by atoms with van der Waals surface area (Å²) in [6.07, 6.45) is 6.45. The van der Waals surface area contributed by atoms with Crippen molar-refractivity contribution in [2.45, 2.75) is 45.1 Å². The highest BCUT2D eigenvalue weighted by atomic mass is 15.2. The summed E-state index contributed by atoms with van der Waals surface area (Å²) in [5.41, 5.74) is 4.14. The Bertz CT molecular complexity index is 148. The maximum atomic E-state index is 5.51. The van der Waals surface area contributed by atoms with Crippen molar-refractivity contribution >= 4 is 0 Å². The van der Waals surface area contributed by atoms with Gasteiger partial charge in [0, 0.05) is 6.04 Å². The van der Waals surface area contributed by atoms with E-state index in [1.807, 2.05) is 0 Å².